The molecule has 0 spiro atoms. The van der Waals surface area contributed by atoms with Crippen LogP contribution in [0.3, 0.4) is 0 Å². The molecule has 0 fully saturated rings. The van der Waals surface area contributed by atoms with Gasteiger partial charge in [-0.3, -0.25) is 0 Å². The summed E-state index contributed by atoms with van der Waals surface area (Å²) in [6.45, 7) is 3.81. The number of aliphatic hydroxyl groups excluding tert-OH is 1. The van der Waals surface area contributed by atoms with Crippen molar-refractivity contribution in [1.29, 1.82) is 0 Å². The third-order valence-corrected chi connectivity index (χ3v) is 4.93. The molecule has 0 aromatic carbocycles. The van der Waals surface area contributed by atoms with Gasteiger partial charge >= 0.3 is 29.6 Å². The van der Waals surface area contributed by atoms with E-state index in [9.17, 15) is 18.1 Å². The van der Waals surface area contributed by atoms with Crippen LogP contribution in [0.1, 0.15) is 78.1 Å². The molecule has 0 bridgehead atoms. The van der Waals surface area contributed by atoms with Crippen molar-refractivity contribution in [2.45, 2.75) is 89.4 Å². The molecule has 0 saturated heterocycles. The van der Waals surface area contributed by atoms with Gasteiger partial charge in [0.1, 0.15) is 0 Å². The van der Waals surface area contributed by atoms with Gasteiger partial charge in [0.15, 0.2) is 0 Å². The van der Waals surface area contributed by atoms with Crippen LogP contribution in [0, 0.1) is 0 Å². The normalized spacial score (nSPS) is 14.6. The molecule has 1 N–H and O–H groups in total. The van der Waals surface area contributed by atoms with Crippen LogP contribution in [-0.2, 0) is 10.1 Å². The molecule has 0 radical (unpaired) electrons. The fourth-order valence-electron chi connectivity index (χ4n) is 2.31. The van der Waals surface area contributed by atoms with E-state index in [4.69, 9.17) is 0 Å². The van der Waals surface area contributed by atoms with Crippen molar-refractivity contribution < 1.29 is 47.6 Å². The molecule has 0 aliphatic rings. The fraction of sp³-hybridized carbons (Fsp3) is 1.00. The van der Waals surface area contributed by atoms with Gasteiger partial charge in [-0.15, -0.1) is 0 Å². The molecule has 20 heavy (non-hydrogen) atoms. The van der Waals surface area contributed by atoms with Crippen molar-refractivity contribution >= 4 is 10.1 Å². The van der Waals surface area contributed by atoms with Crippen LogP contribution in [-0.4, -0.2) is 29.4 Å². The van der Waals surface area contributed by atoms with Crippen molar-refractivity contribution in [3.8, 4) is 0 Å². The topological polar surface area (TPSA) is 77.4 Å². The smallest absolute Gasteiger partial charge is 0.748 e. The van der Waals surface area contributed by atoms with Crippen LogP contribution in [0.4, 0.5) is 0 Å². The molecule has 2 atom stereocenters. The zero-order valence-electron chi connectivity index (χ0n) is 13.3. The molecular formula is C14H29NaO4S. The van der Waals surface area contributed by atoms with E-state index in [-0.39, 0.29) is 35.7 Å². The Bertz CT molecular complexity index is 306. The Morgan fingerprint density at radius 1 is 0.950 bits per heavy atom. The van der Waals surface area contributed by atoms with E-state index in [0.29, 0.717) is 12.8 Å². The molecule has 4 nitrogen and oxygen atoms in total. The first-order chi connectivity index (χ1) is 8.91. The maximum Gasteiger partial charge on any atom is 1.00 e. The minimum absolute atomic E-state index is 0. The maximum absolute atomic E-state index is 10.9. The summed E-state index contributed by atoms with van der Waals surface area (Å²) in [5, 5.41) is 8.84. The maximum atomic E-state index is 10.9. The largest absolute Gasteiger partial charge is 1.00 e. The quantitative estimate of drug-likeness (QED) is 0.317. The van der Waals surface area contributed by atoms with Gasteiger partial charge in [-0.1, -0.05) is 52.4 Å². The van der Waals surface area contributed by atoms with Gasteiger partial charge in [0.2, 0.25) is 0 Å². The summed E-state index contributed by atoms with van der Waals surface area (Å²) in [5.74, 6) is 0. The number of aliphatic hydroxyl groups is 1. The average Bonchev–Trinajstić information content (AvgIpc) is 2.31. The van der Waals surface area contributed by atoms with Crippen molar-refractivity contribution in [2.24, 2.45) is 0 Å². The second kappa shape index (κ2) is 13.5. The van der Waals surface area contributed by atoms with Crippen LogP contribution < -0.4 is 29.6 Å². The molecule has 0 aromatic rings. The summed E-state index contributed by atoms with van der Waals surface area (Å²) in [6.07, 6.45) is 8.40. The van der Waals surface area contributed by atoms with Crippen LogP contribution in [0.25, 0.3) is 0 Å². The minimum atomic E-state index is -4.11. The van der Waals surface area contributed by atoms with E-state index in [0.717, 1.165) is 51.4 Å². The first-order valence-electron chi connectivity index (χ1n) is 7.54. The summed E-state index contributed by atoms with van der Waals surface area (Å²) in [4.78, 5) is 0. The van der Waals surface area contributed by atoms with Crippen LogP contribution in [0.2, 0.25) is 0 Å². The Hall–Kier alpha value is 0.870. The van der Waals surface area contributed by atoms with E-state index in [1.807, 2.05) is 0 Å². The average molecular weight is 316 g/mol. The first-order valence-corrected chi connectivity index (χ1v) is 9.01. The Labute approximate surface area is 146 Å². The Kier molecular flexibility index (Phi) is 15.7. The molecule has 0 heterocycles. The molecule has 116 valence electrons. The number of hydrogen-bond donors (Lipinski definition) is 1. The number of hydrogen-bond acceptors (Lipinski definition) is 4. The van der Waals surface area contributed by atoms with Crippen molar-refractivity contribution in [1.82, 2.24) is 0 Å². The van der Waals surface area contributed by atoms with E-state index in [2.05, 4.69) is 6.92 Å². The zero-order valence-corrected chi connectivity index (χ0v) is 16.1. The van der Waals surface area contributed by atoms with Crippen LogP contribution in [0.15, 0.2) is 0 Å². The molecule has 0 saturated carbocycles. The standard InChI is InChI=1S/C14H30O4S.Na/c1-3-10-13(15)11-8-6-5-7-9-12-14(4-2)19(16,17)18;/h13-15H,3-12H2,1-2H3,(H,16,17,18);/q;+1/p-1. The van der Waals surface area contributed by atoms with Gasteiger partial charge in [-0.05, 0) is 25.7 Å². The second-order valence-corrected chi connectivity index (χ2v) is 6.96. The molecular weight excluding hydrogens is 287 g/mol. The molecule has 0 aliphatic heterocycles. The predicted molar refractivity (Wildman–Crippen MR) is 77.0 cm³/mol. The molecule has 6 heteroatoms. The number of unbranched alkanes of at least 4 members (excludes halogenated alkanes) is 4. The van der Waals surface area contributed by atoms with E-state index >= 15 is 0 Å². The summed E-state index contributed by atoms with van der Waals surface area (Å²) in [6, 6.07) is 0. The SMILES string of the molecule is CCCC(O)CCCCCCCC(CC)S(=O)(=O)[O-].[Na+]. The van der Waals surface area contributed by atoms with Gasteiger partial charge in [0.05, 0.1) is 16.2 Å². The van der Waals surface area contributed by atoms with E-state index in [1.54, 1.807) is 6.92 Å². The molecule has 0 rings (SSSR count). The minimum Gasteiger partial charge on any atom is -0.748 e. The Morgan fingerprint density at radius 3 is 1.90 bits per heavy atom. The first kappa shape index (κ1) is 23.1. The monoisotopic (exact) mass is 316 g/mol. The molecule has 0 aliphatic carbocycles. The fourth-order valence-corrected chi connectivity index (χ4v) is 3.18. The van der Waals surface area contributed by atoms with Crippen molar-refractivity contribution in [2.75, 3.05) is 0 Å². The third kappa shape index (κ3) is 12.6. The van der Waals surface area contributed by atoms with Gasteiger partial charge in [-0.25, -0.2) is 8.42 Å². The molecule has 0 amide bonds. The van der Waals surface area contributed by atoms with Crippen molar-refractivity contribution in [3.05, 3.63) is 0 Å². The summed E-state index contributed by atoms with van der Waals surface area (Å²) < 4.78 is 32.6. The predicted octanol–water partition coefficient (Wildman–Crippen LogP) is 0.206. The second-order valence-electron chi connectivity index (χ2n) is 5.31. The van der Waals surface area contributed by atoms with Crippen molar-refractivity contribution in [3.63, 3.8) is 0 Å². The van der Waals surface area contributed by atoms with Gasteiger partial charge < -0.3 is 9.66 Å². The zero-order chi connectivity index (χ0) is 14.7. The van der Waals surface area contributed by atoms with Gasteiger partial charge in [0, 0.05) is 5.25 Å². The van der Waals surface area contributed by atoms with E-state index < -0.39 is 15.4 Å². The summed E-state index contributed by atoms with van der Waals surface area (Å²) in [5.41, 5.74) is 0. The van der Waals surface area contributed by atoms with Crippen LogP contribution >= 0.6 is 0 Å². The van der Waals surface area contributed by atoms with E-state index in [1.165, 1.54) is 0 Å². The summed E-state index contributed by atoms with van der Waals surface area (Å²) >= 11 is 0. The van der Waals surface area contributed by atoms with Crippen LogP contribution in [0.5, 0.6) is 0 Å². The third-order valence-electron chi connectivity index (χ3n) is 3.55. The van der Waals surface area contributed by atoms with Gasteiger partial charge in [-0.2, -0.15) is 0 Å². The van der Waals surface area contributed by atoms with Gasteiger partial charge in [0.25, 0.3) is 0 Å². The molecule has 2 unspecified atom stereocenters. The Morgan fingerprint density at radius 2 is 1.45 bits per heavy atom. The number of rotatable bonds is 12. The summed E-state index contributed by atoms with van der Waals surface area (Å²) in [7, 11) is -4.11. The Balaban J connectivity index is 0. The molecule has 0 aromatic heterocycles.